The van der Waals surface area contributed by atoms with Gasteiger partial charge in [0.2, 0.25) is 0 Å². The third-order valence-corrected chi connectivity index (χ3v) is 3.58. The molecule has 22 heavy (non-hydrogen) atoms. The average molecular weight is 373 g/mol. The number of halogens is 1. The smallest absolute Gasteiger partial charge is 0.407 e. The molecule has 1 unspecified atom stereocenters. The number of hydrogen-bond acceptors (Lipinski definition) is 4. The fraction of sp³-hybridized carbons (Fsp3) is 0.562. The Hall–Kier alpha value is -1.27. The first-order valence-corrected chi connectivity index (χ1v) is 8.18. The van der Waals surface area contributed by atoms with Gasteiger partial charge < -0.3 is 20.5 Å². The summed E-state index contributed by atoms with van der Waals surface area (Å²) in [6.07, 6.45) is 0.416. The van der Waals surface area contributed by atoms with Crippen LogP contribution in [0.15, 0.2) is 22.7 Å². The van der Waals surface area contributed by atoms with E-state index in [1.807, 2.05) is 39.8 Å². The molecule has 0 heterocycles. The third-order valence-electron chi connectivity index (χ3n) is 2.95. The van der Waals surface area contributed by atoms with E-state index in [0.717, 1.165) is 12.0 Å². The summed E-state index contributed by atoms with van der Waals surface area (Å²) in [5, 5.41) is 15.6. The van der Waals surface area contributed by atoms with Crippen molar-refractivity contribution in [1.82, 2.24) is 10.6 Å². The zero-order valence-electron chi connectivity index (χ0n) is 13.6. The molecular formula is C16H25BrN2O3. The van der Waals surface area contributed by atoms with Crippen LogP contribution in [0.4, 0.5) is 4.79 Å². The van der Waals surface area contributed by atoms with Crippen molar-refractivity contribution >= 4 is 22.0 Å². The standard InChI is InChI=1S/C16H25BrN2O3/c1-5-12(19-15(21)22-16(2,3)4)10-18-9-11-6-7-14(20)13(17)8-11/h6-8,12,18,20H,5,9-10H2,1-4H3,(H,19,21). The highest BCUT2D eigenvalue weighted by Gasteiger charge is 2.18. The lowest BCUT2D eigenvalue weighted by Gasteiger charge is -2.23. The van der Waals surface area contributed by atoms with Crippen molar-refractivity contribution in [2.75, 3.05) is 6.54 Å². The molecule has 1 aromatic carbocycles. The van der Waals surface area contributed by atoms with Gasteiger partial charge in [-0.3, -0.25) is 0 Å². The highest BCUT2D eigenvalue weighted by Crippen LogP contribution is 2.24. The van der Waals surface area contributed by atoms with E-state index in [4.69, 9.17) is 4.74 Å². The Morgan fingerprint density at radius 2 is 2.09 bits per heavy atom. The Morgan fingerprint density at radius 1 is 1.41 bits per heavy atom. The summed E-state index contributed by atoms with van der Waals surface area (Å²) in [5.74, 6) is 0.224. The molecule has 0 spiro atoms. The summed E-state index contributed by atoms with van der Waals surface area (Å²) in [5.41, 5.74) is 0.561. The molecule has 0 bridgehead atoms. The van der Waals surface area contributed by atoms with E-state index in [-0.39, 0.29) is 11.8 Å². The van der Waals surface area contributed by atoms with Crippen LogP contribution in [0.5, 0.6) is 5.75 Å². The maximum atomic E-state index is 11.7. The van der Waals surface area contributed by atoms with Crippen LogP contribution in [0, 0.1) is 0 Å². The zero-order chi connectivity index (χ0) is 16.8. The fourth-order valence-electron chi connectivity index (χ4n) is 1.82. The molecule has 1 aromatic rings. The number of phenolic OH excluding ortho intramolecular Hbond substituents is 1. The summed E-state index contributed by atoms with van der Waals surface area (Å²) >= 11 is 3.29. The third kappa shape index (κ3) is 7.13. The number of hydrogen-bond donors (Lipinski definition) is 3. The molecule has 0 aromatic heterocycles. The molecule has 124 valence electrons. The van der Waals surface area contributed by atoms with E-state index >= 15 is 0 Å². The van der Waals surface area contributed by atoms with Gasteiger partial charge >= 0.3 is 6.09 Å². The SMILES string of the molecule is CCC(CNCc1ccc(O)c(Br)c1)NC(=O)OC(C)(C)C. The number of nitrogens with one attached hydrogen (secondary N) is 2. The lowest BCUT2D eigenvalue weighted by Crippen LogP contribution is -2.43. The number of phenols is 1. The highest BCUT2D eigenvalue weighted by molar-refractivity contribution is 9.10. The van der Waals surface area contributed by atoms with E-state index in [1.54, 1.807) is 6.07 Å². The molecule has 0 aliphatic rings. The number of alkyl carbamates (subject to hydrolysis) is 1. The monoisotopic (exact) mass is 372 g/mol. The van der Waals surface area contributed by atoms with Crippen LogP contribution in [0.25, 0.3) is 0 Å². The Morgan fingerprint density at radius 3 is 2.64 bits per heavy atom. The van der Waals surface area contributed by atoms with Gasteiger partial charge in [0, 0.05) is 19.1 Å². The maximum absolute atomic E-state index is 11.7. The van der Waals surface area contributed by atoms with Crippen molar-refractivity contribution in [2.45, 2.75) is 52.3 Å². The molecule has 0 saturated heterocycles. The largest absolute Gasteiger partial charge is 0.507 e. The number of aromatic hydroxyl groups is 1. The highest BCUT2D eigenvalue weighted by atomic mass is 79.9. The Balaban J connectivity index is 2.40. The number of amides is 1. The maximum Gasteiger partial charge on any atom is 0.407 e. The molecule has 0 aliphatic heterocycles. The average Bonchev–Trinajstić information content (AvgIpc) is 2.39. The van der Waals surface area contributed by atoms with Gasteiger partial charge in [0.05, 0.1) is 4.47 Å². The molecule has 0 saturated carbocycles. The zero-order valence-corrected chi connectivity index (χ0v) is 15.2. The molecule has 5 nitrogen and oxygen atoms in total. The van der Waals surface area contributed by atoms with Crippen LogP contribution in [-0.4, -0.2) is 29.4 Å². The Labute approximate surface area is 140 Å². The quantitative estimate of drug-likeness (QED) is 0.713. The van der Waals surface area contributed by atoms with Crippen LogP contribution in [0.2, 0.25) is 0 Å². The van der Waals surface area contributed by atoms with Gasteiger partial charge in [-0.15, -0.1) is 0 Å². The summed E-state index contributed by atoms with van der Waals surface area (Å²) < 4.78 is 5.92. The van der Waals surface area contributed by atoms with Crippen molar-refractivity contribution in [2.24, 2.45) is 0 Å². The van der Waals surface area contributed by atoms with Crippen molar-refractivity contribution in [3.05, 3.63) is 28.2 Å². The lowest BCUT2D eigenvalue weighted by atomic mass is 10.2. The lowest BCUT2D eigenvalue weighted by molar-refractivity contribution is 0.0502. The van der Waals surface area contributed by atoms with Gasteiger partial charge in [-0.25, -0.2) is 4.79 Å². The molecule has 0 radical (unpaired) electrons. The summed E-state index contributed by atoms with van der Waals surface area (Å²) in [7, 11) is 0. The summed E-state index contributed by atoms with van der Waals surface area (Å²) in [6, 6.07) is 5.38. The number of benzene rings is 1. The first-order valence-electron chi connectivity index (χ1n) is 7.39. The first kappa shape index (κ1) is 18.8. The van der Waals surface area contributed by atoms with E-state index < -0.39 is 11.7 Å². The second-order valence-electron chi connectivity index (χ2n) is 6.17. The van der Waals surface area contributed by atoms with Gasteiger partial charge in [0.25, 0.3) is 0 Å². The van der Waals surface area contributed by atoms with Crippen LogP contribution in [0.3, 0.4) is 0 Å². The van der Waals surface area contributed by atoms with E-state index in [2.05, 4.69) is 26.6 Å². The Bertz CT molecular complexity index is 501. The van der Waals surface area contributed by atoms with Crippen molar-refractivity contribution in [1.29, 1.82) is 0 Å². The summed E-state index contributed by atoms with van der Waals surface area (Å²) in [6.45, 7) is 8.85. The minimum absolute atomic E-state index is 0.00963. The second-order valence-corrected chi connectivity index (χ2v) is 7.02. The molecule has 0 fully saturated rings. The number of carbonyl (C=O) groups is 1. The molecular weight excluding hydrogens is 348 g/mol. The van der Waals surface area contributed by atoms with E-state index in [9.17, 15) is 9.90 Å². The second kappa shape index (κ2) is 8.39. The van der Waals surface area contributed by atoms with Crippen molar-refractivity contribution in [3.8, 4) is 5.75 Å². The minimum Gasteiger partial charge on any atom is -0.507 e. The van der Waals surface area contributed by atoms with Crippen LogP contribution in [-0.2, 0) is 11.3 Å². The topological polar surface area (TPSA) is 70.6 Å². The van der Waals surface area contributed by atoms with Crippen molar-refractivity contribution in [3.63, 3.8) is 0 Å². The molecule has 1 atom stereocenters. The van der Waals surface area contributed by atoms with E-state index in [1.165, 1.54) is 0 Å². The van der Waals surface area contributed by atoms with E-state index in [0.29, 0.717) is 17.6 Å². The van der Waals surface area contributed by atoms with Crippen molar-refractivity contribution < 1.29 is 14.6 Å². The van der Waals surface area contributed by atoms with Crippen LogP contribution in [0.1, 0.15) is 39.7 Å². The summed E-state index contributed by atoms with van der Waals surface area (Å²) in [4.78, 5) is 11.7. The predicted molar refractivity (Wildman–Crippen MR) is 91.0 cm³/mol. The predicted octanol–water partition coefficient (Wildman–Crippen LogP) is 3.55. The van der Waals surface area contributed by atoms with Gasteiger partial charge in [-0.1, -0.05) is 13.0 Å². The Kier molecular flexibility index (Phi) is 7.16. The normalized spacial score (nSPS) is 12.8. The van der Waals surface area contributed by atoms with Gasteiger partial charge in [0.15, 0.2) is 0 Å². The van der Waals surface area contributed by atoms with Crippen LogP contribution >= 0.6 is 15.9 Å². The number of carbonyl (C=O) groups excluding carboxylic acids is 1. The minimum atomic E-state index is -0.492. The fourth-order valence-corrected chi connectivity index (χ4v) is 2.25. The molecule has 1 rings (SSSR count). The molecule has 6 heteroatoms. The molecule has 1 amide bonds. The first-order chi connectivity index (χ1) is 10.2. The van der Waals surface area contributed by atoms with Gasteiger partial charge in [0.1, 0.15) is 11.4 Å². The van der Waals surface area contributed by atoms with Gasteiger partial charge in [-0.2, -0.15) is 0 Å². The molecule has 0 aliphatic carbocycles. The number of ether oxygens (including phenoxy) is 1. The number of rotatable bonds is 6. The van der Waals surface area contributed by atoms with Crippen LogP contribution < -0.4 is 10.6 Å². The van der Waals surface area contributed by atoms with Gasteiger partial charge in [-0.05, 0) is 60.8 Å². The molecule has 3 N–H and O–H groups in total.